The Bertz CT molecular complexity index is 767. The highest BCUT2D eigenvalue weighted by atomic mass is 35.5. The highest BCUT2D eigenvalue weighted by Crippen LogP contribution is 2.40. The summed E-state index contributed by atoms with van der Waals surface area (Å²) in [4.78, 5) is 2.66. The Labute approximate surface area is 189 Å². The van der Waals surface area contributed by atoms with Crippen LogP contribution in [0.2, 0.25) is 9.36 Å². The third kappa shape index (κ3) is 4.53. The Morgan fingerprint density at radius 3 is 2.50 bits per heavy atom. The maximum atomic E-state index is 13.0. The molecule has 3 aliphatic rings. The van der Waals surface area contributed by atoms with Crippen LogP contribution in [0.1, 0.15) is 51.4 Å². The minimum absolute atomic E-state index is 0. The molecule has 0 amide bonds. The molecule has 28 heavy (non-hydrogen) atoms. The maximum Gasteiger partial charge on any atom is 0.252 e. The first kappa shape index (κ1) is 23.1. The molecule has 0 unspecified atom stereocenters. The quantitative estimate of drug-likeness (QED) is 0.560. The van der Waals surface area contributed by atoms with Crippen molar-refractivity contribution in [2.75, 3.05) is 20.1 Å². The van der Waals surface area contributed by atoms with E-state index in [2.05, 4.69) is 4.90 Å². The fourth-order valence-electron chi connectivity index (χ4n) is 5.35. The van der Waals surface area contributed by atoms with Gasteiger partial charge in [0.15, 0.2) is 0 Å². The lowest BCUT2D eigenvalue weighted by Gasteiger charge is -2.43. The Morgan fingerprint density at radius 1 is 1.11 bits per heavy atom. The summed E-state index contributed by atoms with van der Waals surface area (Å²) in [5, 5.41) is 0.313. The van der Waals surface area contributed by atoms with Crippen molar-refractivity contribution in [3.63, 3.8) is 0 Å². The van der Waals surface area contributed by atoms with Gasteiger partial charge in [-0.25, -0.2) is 8.42 Å². The summed E-state index contributed by atoms with van der Waals surface area (Å²) < 4.78 is 28.1. The van der Waals surface area contributed by atoms with Crippen LogP contribution >= 0.6 is 46.9 Å². The standard InChI is InChI=1S/C19H28Cl2N2O2S2.ClH/c1-22(27(24,25)18-11-17(20)19(21)26-18)15-6-7-16(10-15)23-9-8-13-4-2-3-5-14(13)12-23;/h11,13-16H,2-10,12H2,1H3;1H/t13-,14+,15-,16+;/m1./s1. The number of likely N-dealkylation sites (tertiary alicyclic amines) is 1. The monoisotopic (exact) mass is 486 g/mol. The number of thiophene rings is 1. The molecule has 4 atom stereocenters. The number of fused-ring (bicyclic) bond motifs is 1. The van der Waals surface area contributed by atoms with Crippen molar-refractivity contribution < 1.29 is 8.42 Å². The largest absolute Gasteiger partial charge is 0.300 e. The van der Waals surface area contributed by atoms with Gasteiger partial charge in [0.25, 0.3) is 10.0 Å². The second kappa shape index (κ2) is 9.29. The summed E-state index contributed by atoms with van der Waals surface area (Å²) in [5.74, 6) is 1.80. The van der Waals surface area contributed by atoms with E-state index >= 15 is 0 Å². The van der Waals surface area contributed by atoms with Gasteiger partial charge >= 0.3 is 0 Å². The third-order valence-electron chi connectivity index (χ3n) is 6.99. The summed E-state index contributed by atoms with van der Waals surface area (Å²) in [6, 6.07) is 2.05. The average Bonchev–Trinajstić information content (AvgIpc) is 3.28. The van der Waals surface area contributed by atoms with Gasteiger partial charge in [0.05, 0.1) is 5.02 Å². The van der Waals surface area contributed by atoms with E-state index in [1.54, 1.807) is 11.4 Å². The average molecular weight is 488 g/mol. The summed E-state index contributed by atoms with van der Waals surface area (Å²) in [5.41, 5.74) is 0. The van der Waals surface area contributed by atoms with E-state index in [9.17, 15) is 8.42 Å². The van der Waals surface area contributed by atoms with Gasteiger partial charge < -0.3 is 4.90 Å². The molecule has 2 aliphatic carbocycles. The van der Waals surface area contributed by atoms with Crippen molar-refractivity contribution in [3.8, 4) is 0 Å². The molecule has 1 saturated heterocycles. The number of halogens is 3. The normalized spacial score (nSPS) is 31.6. The molecule has 4 rings (SSSR count). The lowest BCUT2D eigenvalue weighted by Crippen LogP contribution is -2.46. The minimum Gasteiger partial charge on any atom is -0.300 e. The van der Waals surface area contributed by atoms with Crippen LogP contribution in [0.4, 0.5) is 0 Å². The second-order valence-corrected chi connectivity index (χ2v) is 12.7. The van der Waals surface area contributed by atoms with Gasteiger partial charge in [-0.1, -0.05) is 42.5 Å². The molecule has 2 heterocycles. The van der Waals surface area contributed by atoms with E-state index < -0.39 is 10.0 Å². The Hall–Kier alpha value is 0.440. The van der Waals surface area contributed by atoms with Gasteiger partial charge in [-0.3, -0.25) is 0 Å². The van der Waals surface area contributed by atoms with E-state index in [1.807, 2.05) is 0 Å². The van der Waals surface area contributed by atoms with Crippen LogP contribution in [0.25, 0.3) is 0 Å². The van der Waals surface area contributed by atoms with Gasteiger partial charge in [0.2, 0.25) is 0 Å². The molecule has 0 aromatic carbocycles. The number of piperidine rings is 1. The van der Waals surface area contributed by atoms with E-state index in [-0.39, 0.29) is 22.7 Å². The number of nitrogens with zero attached hydrogens (tertiary/aromatic N) is 2. The highest BCUT2D eigenvalue weighted by molar-refractivity contribution is 7.91. The Kier molecular flexibility index (Phi) is 7.67. The first-order valence-electron chi connectivity index (χ1n) is 10.0. The van der Waals surface area contributed by atoms with Crippen molar-refractivity contribution in [1.82, 2.24) is 9.21 Å². The van der Waals surface area contributed by atoms with Crippen molar-refractivity contribution in [2.24, 2.45) is 11.8 Å². The molecule has 0 N–H and O–H groups in total. The van der Waals surface area contributed by atoms with Crippen LogP contribution in [0.15, 0.2) is 10.3 Å². The van der Waals surface area contributed by atoms with Crippen LogP contribution in [0, 0.1) is 11.8 Å². The minimum atomic E-state index is -3.53. The molecule has 1 aromatic rings. The summed E-state index contributed by atoms with van der Waals surface area (Å²) in [7, 11) is -1.83. The lowest BCUT2D eigenvalue weighted by molar-refractivity contribution is 0.0571. The van der Waals surface area contributed by atoms with Crippen LogP contribution in [-0.2, 0) is 10.0 Å². The zero-order valence-corrected chi connectivity index (χ0v) is 20.1. The second-order valence-electron chi connectivity index (χ2n) is 8.42. The first-order valence-corrected chi connectivity index (χ1v) is 13.0. The van der Waals surface area contributed by atoms with E-state index in [0.717, 1.165) is 42.4 Å². The van der Waals surface area contributed by atoms with Gasteiger partial charge in [0, 0.05) is 25.7 Å². The van der Waals surface area contributed by atoms with E-state index in [1.165, 1.54) is 51.3 Å². The molecular weight excluding hydrogens is 459 g/mol. The number of sulfonamides is 1. The molecule has 2 saturated carbocycles. The van der Waals surface area contributed by atoms with Gasteiger partial charge in [-0.05, 0) is 56.6 Å². The van der Waals surface area contributed by atoms with Crippen LogP contribution in [0.5, 0.6) is 0 Å². The Balaban J connectivity index is 0.00000225. The summed E-state index contributed by atoms with van der Waals surface area (Å²) in [6.07, 6.45) is 9.86. The predicted molar refractivity (Wildman–Crippen MR) is 120 cm³/mol. The summed E-state index contributed by atoms with van der Waals surface area (Å²) >= 11 is 13.0. The molecule has 1 aromatic heterocycles. The highest BCUT2D eigenvalue weighted by Gasteiger charge is 2.40. The van der Waals surface area contributed by atoms with Crippen LogP contribution < -0.4 is 0 Å². The molecule has 9 heteroatoms. The van der Waals surface area contributed by atoms with Crippen molar-refractivity contribution in [3.05, 3.63) is 15.4 Å². The molecule has 3 fully saturated rings. The van der Waals surface area contributed by atoms with Gasteiger partial charge in [0.1, 0.15) is 8.55 Å². The SMILES string of the molecule is CN([C@@H]1CC[C@H](N2CC[C@H]3CCCC[C@H]3C2)C1)S(=O)(=O)c1cc(Cl)c(Cl)s1.Cl. The molecular formula is C19H29Cl3N2O2S2. The van der Waals surface area contributed by atoms with Crippen LogP contribution in [0.3, 0.4) is 0 Å². The molecule has 0 radical (unpaired) electrons. The van der Waals surface area contributed by atoms with Gasteiger partial charge in [-0.15, -0.1) is 23.7 Å². The predicted octanol–water partition coefficient (Wildman–Crippen LogP) is 5.53. The zero-order valence-electron chi connectivity index (χ0n) is 16.1. The topological polar surface area (TPSA) is 40.6 Å². The third-order valence-corrected chi connectivity index (χ3v) is 11.2. The van der Waals surface area contributed by atoms with E-state index in [0.29, 0.717) is 15.4 Å². The number of hydrogen-bond donors (Lipinski definition) is 0. The molecule has 0 spiro atoms. The van der Waals surface area contributed by atoms with Crippen molar-refractivity contribution in [1.29, 1.82) is 0 Å². The van der Waals surface area contributed by atoms with Crippen molar-refractivity contribution in [2.45, 2.75) is 67.7 Å². The smallest absolute Gasteiger partial charge is 0.252 e. The number of hydrogen-bond acceptors (Lipinski definition) is 4. The number of rotatable bonds is 4. The first-order chi connectivity index (χ1) is 12.9. The van der Waals surface area contributed by atoms with Gasteiger partial charge in [-0.2, -0.15) is 4.31 Å². The van der Waals surface area contributed by atoms with Crippen LogP contribution in [-0.4, -0.2) is 49.8 Å². The molecule has 0 bridgehead atoms. The zero-order chi connectivity index (χ0) is 19.2. The molecule has 160 valence electrons. The molecule has 4 nitrogen and oxygen atoms in total. The maximum absolute atomic E-state index is 13.0. The fourth-order valence-corrected chi connectivity index (χ4v) is 8.81. The molecule has 1 aliphatic heterocycles. The Morgan fingerprint density at radius 2 is 1.82 bits per heavy atom. The van der Waals surface area contributed by atoms with Crippen molar-refractivity contribution >= 4 is 57.0 Å². The fraction of sp³-hybridized carbons (Fsp3) is 0.789. The van der Waals surface area contributed by atoms with E-state index in [4.69, 9.17) is 23.2 Å². The lowest BCUT2D eigenvalue weighted by atomic mass is 9.75. The summed E-state index contributed by atoms with van der Waals surface area (Å²) in [6.45, 7) is 2.40.